The van der Waals surface area contributed by atoms with E-state index in [1.165, 1.54) is 108 Å². The van der Waals surface area contributed by atoms with E-state index in [0.717, 1.165) is 18.4 Å². The monoisotopic (exact) mass is 448 g/mol. The number of hydrogen-bond acceptors (Lipinski definition) is 3. The van der Waals surface area contributed by atoms with Gasteiger partial charge in [0, 0.05) is 0 Å². The first-order valence-corrected chi connectivity index (χ1v) is 13.0. The first-order chi connectivity index (χ1) is 13.5. The van der Waals surface area contributed by atoms with Gasteiger partial charge in [0.15, 0.2) is 0 Å². The van der Waals surface area contributed by atoms with E-state index in [-0.39, 0.29) is 56.3 Å². The van der Waals surface area contributed by atoms with Crippen LogP contribution in [0, 0.1) is 0 Å². The molecule has 29 heavy (non-hydrogen) atoms. The fraction of sp³-hybridized carbons (Fsp3) is 0.750. The summed E-state index contributed by atoms with van der Waals surface area (Å²) in [6.07, 6.45) is 22.4. The molecule has 3 nitrogen and oxygen atoms in total. The minimum Gasteiger partial charge on any atom is -0.744 e. The van der Waals surface area contributed by atoms with Gasteiger partial charge in [-0.3, -0.25) is 0 Å². The summed E-state index contributed by atoms with van der Waals surface area (Å²) in [7, 11) is -4.34. The zero-order chi connectivity index (χ0) is 20.5. The quantitative estimate of drug-likeness (QED) is 0.190. The molecule has 0 spiro atoms. The van der Waals surface area contributed by atoms with Gasteiger partial charge in [0.05, 0.1) is 4.90 Å². The van der Waals surface area contributed by atoms with E-state index in [2.05, 4.69) is 6.92 Å². The van der Waals surface area contributed by atoms with Gasteiger partial charge in [-0.1, -0.05) is 115 Å². The molecule has 5 heteroatoms. The Morgan fingerprint density at radius 2 is 1.10 bits per heavy atom. The molecule has 0 unspecified atom stereocenters. The van der Waals surface area contributed by atoms with Gasteiger partial charge in [0.1, 0.15) is 10.1 Å². The van der Waals surface area contributed by atoms with Crippen molar-refractivity contribution in [2.24, 2.45) is 0 Å². The van der Waals surface area contributed by atoms with E-state index < -0.39 is 10.1 Å². The summed E-state index contributed by atoms with van der Waals surface area (Å²) in [5.74, 6) is 0. The van der Waals surface area contributed by atoms with Gasteiger partial charge < -0.3 is 4.55 Å². The fourth-order valence-electron chi connectivity index (χ4n) is 3.73. The van der Waals surface area contributed by atoms with Gasteiger partial charge in [0.25, 0.3) is 0 Å². The summed E-state index contributed by atoms with van der Waals surface area (Å²) in [5.41, 5.74) is 0.947. The Morgan fingerprint density at radius 1 is 0.690 bits per heavy atom. The van der Waals surface area contributed by atoms with Gasteiger partial charge in [-0.05, 0) is 30.5 Å². The fourth-order valence-corrected chi connectivity index (χ4v) is 4.27. The van der Waals surface area contributed by atoms with E-state index in [0.29, 0.717) is 0 Å². The summed E-state index contributed by atoms with van der Waals surface area (Å²) in [6.45, 7) is 2.27. The van der Waals surface area contributed by atoms with E-state index >= 15 is 0 Å². The zero-order valence-electron chi connectivity index (χ0n) is 19.0. The zero-order valence-corrected chi connectivity index (χ0v) is 22.9. The molecule has 0 aromatic heterocycles. The molecule has 0 amide bonds. The molecule has 0 heterocycles. The van der Waals surface area contributed by atoms with Gasteiger partial charge >= 0.3 is 51.4 Å². The van der Waals surface area contributed by atoms with Gasteiger partial charge in [-0.2, -0.15) is 0 Å². The number of aryl methyl sites for hydroxylation is 1. The minimum absolute atomic E-state index is 0. The molecule has 1 rings (SSSR count). The van der Waals surface area contributed by atoms with Crippen molar-refractivity contribution in [3.63, 3.8) is 0 Å². The molecule has 0 radical (unpaired) electrons. The van der Waals surface area contributed by atoms with Crippen molar-refractivity contribution in [3.05, 3.63) is 29.8 Å². The van der Waals surface area contributed by atoms with Crippen LogP contribution in [0.15, 0.2) is 29.2 Å². The number of hydrogen-bond donors (Lipinski definition) is 0. The SMILES string of the molecule is CCCCCCCCCCCCCCCCCCc1cccc(S(=O)(=O)[O-])c1.[K+]. The van der Waals surface area contributed by atoms with E-state index in [9.17, 15) is 13.0 Å². The second-order valence-electron chi connectivity index (χ2n) is 8.15. The molecule has 1 aromatic rings. The molecule has 162 valence electrons. The Kier molecular flexibility index (Phi) is 20.0. The van der Waals surface area contributed by atoms with Crippen LogP contribution in [0.4, 0.5) is 0 Å². The summed E-state index contributed by atoms with van der Waals surface area (Å²) in [6, 6.07) is 6.46. The predicted octanol–water partition coefficient (Wildman–Crippen LogP) is 4.40. The first-order valence-electron chi connectivity index (χ1n) is 11.6. The average Bonchev–Trinajstić information content (AvgIpc) is 2.67. The Bertz CT molecular complexity index is 602. The van der Waals surface area contributed by atoms with Crippen molar-refractivity contribution in [2.75, 3.05) is 0 Å². The number of unbranched alkanes of at least 4 members (excludes halogenated alkanes) is 15. The third-order valence-electron chi connectivity index (χ3n) is 5.51. The van der Waals surface area contributed by atoms with Crippen LogP contribution < -0.4 is 51.4 Å². The largest absolute Gasteiger partial charge is 1.00 e. The predicted molar refractivity (Wildman–Crippen MR) is 118 cm³/mol. The molecule has 0 N–H and O–H groups in total. The van der Waals surface area contributed by atoms with Crippen molar-refractivity contribution in [1.29, 1.82) is 0 Å². The summed E-state index contributed by atoms with van der Waals surface area (Å²) < 4.78 is 33.2. The van der Waals surface area contributed by atoms with E-state index in [1.807, 2.05) is 6.07 Å². The van der Waals surface area contributed by atoms with Crippen molar-refractivity contribution in [2.45, 2.75) is 121 Å². The van der Waals surface area contributed by atoms with Gasteiger partial charge in [0.2, 0.25) is 0 Å². The van der Waals surface area contributed by atoms with Gasteiger partial charge in [-0.15, -0.1) is 0 Å². The Hall–Kier alpha value is 0.766. The van der Waals surface area contributed by atoms with Crippen molar-refractivity contribution in [3.8, 4) is 0 Å². The standard InChI is InChI=1S/C24H42O3S.K/c1-2-3-4-5-6-7-8-9-10-11-12-13-14-15-16-17-19-23-20-18-21-24(22-23)28(25,26)27;/h18,20-22H,2-17,19H2,1H3,(H,25,26,27);/q;+1/p-1. The van der Waals surface area contributed by atoms with Crippen LogP contribution in [0.3, 0.4) is 0 Å². The molecule has 0 aliphatic carbocycles. The maximum absolute atomic E-state index is 11.1. The van der Waals surface area contributed by atoms with E-state index in [1.54, 1.807) is 6.07 Å². The molecule has 0 aliphatic heterocycles. The van der Waals surface area contributed by atoms with Crippen LogP contribution in [0.1, 0.15) is 115 Å². The second-order valence-corrected chi connectivity index (χ2v) is 9.53. The van der Waals surface area contributed by atoms with E-state index in [4.69, 9.17) is 0 Å². The summed E-state index contributed by atoms with van der Waals surface area (Å²) in [5, 5.41) is 0. The molecule has 0 fully saturated rings. The Morgan fingerprint density at radius 3 is 1.52 bits per heavy atom. The Balaban J connectivity index is 0.00000784. The Labute approximate surface area is 223 Å². The van der Waals surface area contributed by atoms with Crippen molar-refractivity contribution < 1.29 is 64.4 Å². The second kappa shape index (κ2) is 19.5. The smallest absolute Gasteiger partial charge is 0.744 e. The molecule has 0 saturated heterocycles. The molecular formula is C24H41KO3S. The molecule has 0 aliphatic rings. The summed E-state index contributed by atoms with van der Waals surface area (Å²) in [4.78, 5) is -0.110. The molecule has 1 aromatic carbocycles. The molecule has 0 atom stereocenters. The van der Waals surface area contributed by atoms with Crippen molar-refractivity contribution >= 4 is 10.1 Å². The van der Waals surface area contributed by atoms with Crippen molar-refractivity contribution in [1.82, 2.24) is 0 Å². The number of benzene rings is 1. The average molecular weight is 449 g/mol. The van der Waals surface area contributed by atoms with Crippen LogP contribution in [0.2, 0.25) is 0 Å². The minimum atomic E-state index is -4.34. The third-order valence-corrected chi connectivity index (χ3v) is 6.34. The van der Waals surface area contributed by atoms with Crippen LogP contribution in [-0.2, 0) is 16.5 Å². The maximum atomic E-state index is 11.1. The molecular weight excluding hydrogens is 407 g/mol. The normalized spacial score (nSPS) is 11.4. The summed E-state index contributed by atoms with van der Waals surface area (Å²) >= 11 is 0. The van der Waals surface area contributed by atoms with Gasteiger partial charge in [-0.25, -0.2) is 8.42 Å². The van der Waals surface area contributed by atoms with Crippen LogP contribution in [-0.4, -0.2) is 13.0 Å². The molecule has 0 bridgehead atoms. The topological polar surface area (TPSA) is 57.2 Å². The van der Waals surface area contributed by atoms with Crippen LogP contribution >= 0.6 is 0 Å². The van der Waals surface area contributed by atoms with Crippen LogP contribution in [0.25, 0.3) is 0 Å². The van der Waals surface area contributed by atoms with Crippen LogP contribution in [0.5, 0.6) is 0 Å². The molecule has 0 saturated carbocycles. The maximum Gasteiger partial charge on any atom is 1.00 e. The number of rotatable bonds is 18. The first kappa shape index (κ1) is 29.8. The third kappa shape index (κ3) is 17.1.